The summed E-state index contributed by atoms with van der Waals surface area (Å²) in [4.78, 5) is 7.76. The first-order valence-corrected chi connectivity index (χ1v) is 6.96. The number of nitrogens with zero attached hydrogens (tertiary/aromatic N) is 1. The van der Waals surface area contributed by atoms with Gasteiger partial charge in [-0.3, -0.25) is 4.98 Å². The molecule has 3 rings (SSSR count). The Morgan fingerprint density at radius 2 is 1.75 bits per heavy atom. The fourth-order valence-corrected chi connectivity index (χ4v) is 2.77. The molecule has 0 fully saturated rings. The zero-order valence-electron chi connectivity index (χ0n) is 10.8. The lowest BCUT2D eigenvalue weighted by molar-refractivity contribution is 1.27. The van der Waals surface area contributed by atoms with Gasteiger partial charge in [-0.2, -0.15) is 0 Å². The highest BCUT2D eigenvalue weighted by molar-refractivity contribution is 6.35. The van der Waals surface area contributed by atoms with Gasteiger partial charge in [0, 0.05) is 33.1 Å². The molecule has 0 aliphatic rings. The molecule has 1 N–H and O–H groups in total. The van der Waals surface area contributed by atoms with E-state index < -0.39 is 0 Å². The second-order valence-corrected chi connectivity index (χ2v) is 5.49. The van der Waals surface area contributed by atoms with Gasteiger partial charge in [0.2, 0.25) is 0 Å². The highest BCUT2D eigenvalue weighted by Crippen LogP contribution is 2.34. The molecule has 0 amide bonds. The molecule has 1 aromatic carbocycles. The standard InChI is InChI=1S/C16H12Cl2N2/c1-10-6-14(15-4-2-3-5-19-15)16(20-10)11-7-12(17)9-13(18)8-11/h2-9,20H,1H3. The number of rotatable bonds is 2. The van der Waals surface area contributed by atoms with Gasteiger partial charge in [-0.15, -0.1) is 0 Å². The molecular formula is C16H12Cl2N2. The first-order valence-electron chi connectivity index (χ1n) is 6.21. The Balaban J connectivity index is 2.19. The quantitative estimate of drug-likeness (QED) is 0.678. The van der Waals surface area contributed by atoms with Crippen LogP contribution in [0, 0.1) is 6.92 Å². The van der Waals surface area contributed by atoms with Crippen LogP contribution >= 0.6 is 23.2 Å². The van der Waals surface area contributed by atoms with Gasteiger partial charge in [-0.1, -0.05) is 29.3 Å². The number of aromatic amines is 1. The number of aromatic nitrogens is 2. The Labute approximate surface area is 127 Å². The third kappa shape index (κ3) is 2.58. The van der Waals surface area contributed by atoms with Crippen LogP contribution in [0.25, 0.3) is 22.5 Å². The molecule has 0 unspecified atom stereocenters. The Kier molecular flexibility index (Phi) is 3.51. The Hall–Kier alpha value is -1.77. The van der Waals surface area contributed by atoms with Crippen LogP contribution in [-0.2, 0) is 0 Å². The number of nitrogens with one attached hydrogen (secondary N) is 1. The van der Waals surface area contributed by atoms with Gasteiger partial charge in [0.15, 0.2) is 0 Å². The van der Waals surface area contributed by atoms with Gasteiger partial charge in [-0.25, -0.2) is 0 Å². The molecule has 2 aromatic heterocycles. The van der Waals surface area contributed by atoms with Crippen molar-refractivity contribution in [2.45, 2.75) is 6.92 Å². The molecular weight excluding hydrogens is 291 g/mol. The lowest BCUT2D eigenvalue weighted by Gasteiger charge is -2.05. The van der Waals surface area contributed by atoms with Crippen LogP contribution in [0.1, 0.15) is 5.69 Å². The van der Waals surface area contributed by atoms with E-state index in [1.54, 1.807) is 12.3 Å². The van der Waals surface area contributed by atoms with Gasteiger partial charge in [-0.05, 0) is 43.3 Å². The third-order valence-electron chi connectivity index (χ3n) is 3.04. The maximum absolute atomic E-state index is 6.09. The number of hydrogen-bond donors (Lipinski definition) is 1. The third-order valence-corrected chi connectivity index (χ3v) is 3.48. The lowest BCUT2D eigenvalue weighted by atomic mass is 10.1. The number of hydrogen-bond acceptors (Lipinski definition) is 1. The molecule has 2 nitrogen and oxygen atoms in total. The molecule has 0 spiro atoms. The van der Waals surface area contributed by atoms with E-state index in [1.807, 2.05) is 37.3 Å². The molecule has 0 bridgehead atoms. The van der Waals surface area contributed by atoms with Crippen molar-refractivity contribution >= 4 is 23.2 Å². The minimum absolute atomic E-state index is 0.617. The minimum Gasteiger partial charge on any atom is -0.358 e. The van der Waals surface area contributed by atoms with Crippen molar-refractivity contribution in [2.24, 2.45) is 0 Å². The molecule has 2 heterocycles. The van der Waals surface area contributed by atoms with E-state index in [9.17, 15) is 0 Å². The van der Waals surface area contributed by atoms with Crippen molar-refractivity contribution in [1.82, 2.24) is 9.97 Å². The summed E-state index contributed by atoms with van der Waals surface area (Å²) >= 11 is 12.2. The van der Waals surface area contributed by atoms with Crippen molar-refractivity contribution in [1.29, 1.82) is 0 Å². The Morgan fingerprint density at radius 1 is 1.00 bits per heavy atom. The summed E-state index contributed by atoms with van der Waals surface area (Å²) in [5, 5.41) is 1.23. The summed E-state index contributed by atoms with van der Waals surface area (Å²) in [5.74, 6) is 0. The van der Waals surface area contributed by atoms with Crippen molar-refractivity contribution < 1.29 is 0 Å². The first kappa shape index (κ1) is 13.2. The number of benzene rings is 1. The van der Waals surface area contributed by atoms with Crippen LogP contribution < -0.4 is 0 Å². The average Bonchev–Trinajstić information content (AvgIpc) is 2.81. The highest BCUT2D eigenvalue weighted by Gasteiger charge is 2.12. The molecule has 0 aliphatic heterocycles. The minimum atomic E-state index is 0.617. The monoisotopic (exact) mass is 302 g/mol. The van der Waals surface area contributed by atoms with Crippen LogP contribution in [-0.4, -0.2) is 9.97 Å². The zero-order valence-corrected chi connectivity index (χ0v) is 12.3. The lowest BCUT2D eigenvalue weighted by Crippen LogP contribution is -1.85. The summed E-state index contributed by atoms with van der Waals surface area (Å²) in [5.41, 5.74) is 4.96. The van der Waals surface area contributed by atoms with Crippen molar-refractivity contribution in [3.05, 3.63) is 64.4 Å². The van der Waals surface area contributed by atoms with Gasteiger partial charge < -0.3 is 4.98 Å². The van der Waals surface area contributed by atoms with Crippen LogP contribution in [0.5, 0.6) is 0 Å². The molecule has 20 heavy (non-hydrogen) atoms. The number of aryl methyl sites for hydroxylation is 1. The summed E-state index contributed by atoms with van der Waals surface area (Å²) in [6.45, 7) is 2.02. The second-order valence-electron chi connectivity index (χ2n) is 4.61. The maximum Gasteiger partial charge on any atom is 0.0723 e. The molecule has 0 aliphatic carbocycles. The van der Waals surface area contributed by atoms with E-state index >= 15 is 0 Å². The van der Waals surface area contributed by atoms with E-state index in [1.165, 1.54) is 0 Å². The smallest absolute Gasteiger partial charge is 0.0723 e. The highest BCUT2D eigenvalue weighted by atomic mass is 35.5. The van der Waals surface area contributed by atoms with Gasteiger partial charge in [0.05, 0.1) is 11.4 Å². The summed E-state index contributed by atoms with van der Waals surface area (Å²) < 4.78 is 0. The molecule has 3 aromatic rings. The molecule has 0 atom stereocenters. The van der Waals surface area contributed by atoms with Gasteiger partial charge in [0.25, 0.3) is 0 Å². The molecule has 100 valence electrons. The van der Waals surface area contributed by atoms with Crippen LogP contribution in [0.2, 0.25) is 10.0 Å². The van der Waals surface area contributed by atoms with Crippen molar-refractivity contribution in [2.75, 3.05) is 0 Å². The van der Waals surface area contributed by atoms with Gasteiger partial charge in [0.1, 0.15) is 0 Å². The summed E-state index contributed by atoms with van der Waals surface area (Å²) in [7, 11) is 0. The normalized spacial score (nSPS) is 10.8. The van der Waals surface area contributed by atoms with E-state index in [0.29, 0.717) is 10.0 Å². The van der Waals surface area contributed by atoms with Crippen LogP contribution in [0.15, 0.2) is 48.7 Å². The number of H-pyrrole nitrogens is 1. The Morgan fingerprint density at radius 3 is 2.40 bits per heavy atom. The molecule has 0 saturated heterocycles. The zero-order chi connectivity index (χ0) is 14.1. The molecule has 0 saturated carbocycles. The Bertz CT molecular complexity index is 728. The summed E-state index contributed by atoms with van der Waals surface area (Å²) in [6.07, 6.45) is 1.78. The van der Waals surface area contributed by atoms with E-state index in [4.69, 9.17) is 23.2 Å². The second kappa shape index (κ2) is 5.31. The van der Waals surface area contributed by atoms with E-state index in [-0.39, 0.29) is 0 Å². The first-order chi connectivity index (χ1) is 9.63. The van der Waals surface area contributed by atoms with Crippen molar-refractivity contribution in [3.8, 4) is 22.5 Å². The van der Waals surface area contributed by atoms with Crippen LogP contribution in [0.3, 0.4) is 0 Å². The van der Waals surface area contributed by atoms with E-state index in [0.717, 1.165) is 28.2 Å². The summed E-state index contributed by atoms with van der Waals surface area (Å²) in [6, 6.07) is 13.4. The number of halogens is 2. The molecule has 0 radical (unpaired) electrons. The predicted molar refractivity (Wildman–Crippen MR) is 84.2 cm³/mol. The molecule has 4 heteroatoms. The topological polar surface area (TPSA) is 28.7 Å². The largest absolute Gasteiger partial charge is 0.358 e. The average molecular weight is 303 g/mol. The van der Waals surface area contributed by atoms with Gasteiger partial charge >= 0.3 is 0 Å². The fourth-order valence-electron chi connectivity index (χ4n) is 2.24. The maximum atomic E-state index is 6.09. The SMILES string of the molecule is Cc1cc(-c2ccccn2)c(-c2cc(Cl)cc(Cl)c2)[nH]1. The van der Waals surface area contributed by atoms with Crippen molar-refractivity contribution in [3.63, 3.8) is 0 Å². The van der Waals surface area contributed by atoms with E-state index in [2.05, 4.69) is 16.0 Å². The number of pyridine rings is 1. The van der Waals surface area contributed by atoms with Crippen LogP contribution in [0.4, 0.5) is 0 Å². The fraction of sp³-hybridized carbons (Fsp3) is 0.0625. The predicted octanol–water partition coefficient (Wildman–Crippen LogP) is 5.36.